The van der Waals surface area contributed by atoms with Crippen molar-refractivity contribution in [1.29, 1.82) is 5.26 Å². The van der Waals surface area contributed by atoms with Gasteiger partial charge >= 0.3 is 0 Å². The van der Waals surface area contributed by atoms with Crippen LogP contribution in [0.1, 0.15) is 19.3 Å². The van der Waals surface area contributed by atoms with Crippen LogP contribution in [0.25, 0.3) is 0 Å². The van der Waals surface area contributed by atoms with Crippen LogP contribution in [-0.2, 0) is 0 Å². The van der Waals surface area contributed by atoms with Gasteiger partial charge in [-0.15, -0.1) is 0 Å². The van der Waals surface area contributed by atoms with E-state index in [0.717, 1.165) is 39.1 Å². The van der Waals surface area contributed by atoms with Crippen molar-refractivity contribution in [2.45, 2.75) is 25.3 Å². The van der Waals surface area contributed by atoms with Crippen molar-refractivity contribution in [2.75, 3.05) is 39.8 Å². The topological polar surface area (TPSA) is 56.3 Å². The van der Waals surface area contributed by atoms with Crippen molar-refractivity contribution >= 4 is 0 Å². The van der Waals surface area contributed by atoms with Crippen LogP contribution in [0.15, 0.2) is 0 Å². The minimum absolute atomic E-state index is 0.318. The summed E-state index contributed by atoms with van der Waals surface area (Å²) in [5, 5.41) is 8.84. The van der Waals surface area contributed by atoms with Crippen molar-refractivity contribution in [3.8, 4) is 6.07 Å². The first kappa shape index (κ1) is 11.8. The van der Waals surface area contributed by atoms with E-state index in [4.69, 9.17) is 11.0 Å². The van der Waals surface area contributed by atoms with Gasteiger partial charge in [-0.25, -0.2) is 0 Å². The lowest BCUT2D eigenvalue weighted by Crippen LogP contribution is -2.56. The van der Waals surface area contributed by atoms with Crippen LogP contribution in [0.2, 0.25) is 0 Å². The van der Waals surface area contributed by atoms with E-state index in [1.165, 1.54) is 12.8 Å². The zero-order valence-electron chi connectivity index (χ0n) is 10.2. The minimum Gasteiger partial charge on any atom is -0.329 e. The summed E-state index contributed by atoms with van der Waals surface area (Å²) in [7, 11) is 2.15. The number of likely N-dealkylation sites (N-methyl/N-ethyl adjacent to an activating group) is 1. The van der Waals surface area contributed by atoms with Crippen LogP contribution in [0.5, 0.6) is 0 Å². The summed E-state index contributed by atoms with van der Waals surface area (Å²) in [5.74, 6) is 0. The van der Waals surface area contributed by atoms with Gasteiger partial charge in [-0.1, -0.05) is 0 Å². The fourth-order valence-electron chi connectivity index (χ4n) is 2.65. The Morgan fingerprint density at radius 1 is 1.44 bits per heavy atom. The van der Waals surface area contributed by atoms with Gasteiger partial charge in [-0.3, -0.25) is 4.90 Å². The molecule has 16 heavy (non-hydrogen) atoms. The number of hydrogen-bond acceptors (Lipinski definition) is 4. The van der Waals surface area contributed by atoms with E-state index < -0.39 is 0 Å². The first-order chi connectivity index (χ1) is 7.69. The summed E-state index contributed by atoms with van der Waals surface area (Å²) in [4.78, 5) is 4.85. The molecule has 0 bridgehead atoms. The van der Waals surface area contributed by atoms with Crippen LogP contribution in [0.4, 0.5) is 0 Å². The normalized spacial score (nSPS) is 29.9. The molecule has 0 radical (unpaired) electrons. The monoisotopic (exact) mass is 222 g/mol. The van der Waals surface area contributed by atoms with E-state index in [0.29, 0.717) is 11.5 Å². The zero-order valence-corrected chi connectivity index (χ0v) is 10.2. The molecule has 1 heterocycles. The molecule has 0 aromatic heterocycles. The van der Waals surface area contributed by atoms with Gasteiger partial charge in [0, 0.05) is 45.2 Å². The van der Waals surface area contributed by atoms with E-state index in [1.54, 1.807) is 0 Å². The largest absolute Gasteiger partial charge is 0.329 e. The Labute approximate surface area is 98.0 Å². The quantitative estimate of drug-likeness (QED) is 0.741. The fourth-order valence-corrected chi connectivity index (χ4v) is 2.65. The number of nitrogens with zero attached hydrogens (tertiary/aromatic N) is 3. The van der Waals surface area contributed by atoms with Crippen LogP contribution in [-0.4, -0.2) is 55.6 Å². The molecule has 2 rings (SSSR count). The summed E-state index contributed by atoms with van der Waals surface area (Å²) in [6.07, 6.45) is 3.17. The van der Waals surface area contributed by atoms with Crippen LogP contribution < -0.4 is 5.73 Å². The predicted molar refractivity (Wildman–Crippen MR) is 63.8 cm³/mol. The van der Waals surface area contributed by atoms with Crippen LogP contribution >= 0.6 is 0 Å². The Bertz CT molecular complexity index is 279. The number of nitriles is 1. The molecule has 1 saturated carbocycles. The molecule has 90 valence electrons. The van der Waals surface area contributed by atoms with Crippen LogP contribution in [0, 0.1) is 16.7 Å². The number of piperazine rings is 1. The van der Waals surface area contributed by atoms with Crippen molar-refractivity contribution in [2.24, 2.45) is 11.1 Å². The molecule has 0 spiro atoms. The minimum atomic E-state index is 0.318. The molecule has 0 amide bonds. The molecule has 0 aromatic rings. The van der Waals surface area contributed by atoms with E-state index in [-0.39, 0.29) is 0 Å². The molecule has 4 heteroatoms. The van der Waals surface area contributed by atoms with Gasteiger partial charge in [0.05, 0.1) is 6.07 Å². The lowest BCUT2D eigenvalue weighted by atomic mass is 10.0. The maximum absolute atomic E-state index is 8.84. The fraction of sp³-hybridized carbons (Fsp3) is 0.917. The van der Waals surface area contributed by atoms with Gasteiger partial charge in [0.15, 0.2) is 0 Å². The second kappa shape index (κ2) is 4.70. The average molecular weight is 222 g/mol. The molecule has 2 fully saturated rings. The second-order valence-electron chi connectivity index (χ2n) is 5.46. The van der Waals surface area contributed by atoms with Gasteiger partial charge in [0.25, 0.3) is 0 Å². The first-order valence-corrected chi connectivity index (χ1v) is 6.19. The zero-order chi connectivity index (χ0) is 11.6. The van der Waals surface area contributed by atoms with Crippen molar-refractivity contribution in [3.05, 3.63) is 0 Å². The smallest absolute Gasteiger partial charge is 0.0628 e. The third-order valence-electron chi connectivity index (χ3n) is 4.03. The third-order valence-corrected chi connectivity index (χ3v) is 4.03. The number of hydrogen-bond donors (Lipinski definition) is 1. The molecule has 2 aliphatic rings. The molecule has 1 saturated heterocycles. The molecule has 1 unspecified atom stereocenters. The lowest BCUT2D eigenvalue weighted by Gasteiger charge is -2.41. The standard InChI is InChI=1S/C12H22N4/c1-15-6-7-16(11(8-14)9-15)10-12(2-3-12)4-5-13/h11H,2-4,6-10,14H2,1H3. The van der Waals surface area contributed by atoms with Crippen molar-refractivity contribution < 1.29 is 0 Å². The molecule has 1 aliphatic heterocycles. The molecule has 1 atom stereocenters. The van der Waals surface area contributed by atoms with E-state index in [2.05, 4.69) is 22.9 Å². The number of nitrogens with two attached hydrogens (primary N) is 1. The second-order valence-corrected chi connectivity index (χ2v) is 5.46. The van der Waals surface area contributed by atoms with Gasteiger partial charge in [-0.2, -0.15) is 5.26 Å². The van der Waals surface area contributed by atoms with Crippen molar-refractivity contribution in [1.82, 2.24) is 9.80 Å². The van der Waals surface area contributed by atoms with E-state index >= 15 is 0 Å². The van der Waals surface area contributed by atoms with Gasteiger partial charge < -0.3 is 10.6 Å². The maximum atomic E-state index is 8.84. The lowest BCUT2D eigenvalue weighted by molar-refractivity contribution is 0.0757. The summed E-state index contributed by atoms with van der Waals surface area (Å²) >= 11 is 0. The van der Waals surface area contributed by atoms with Crippen molar-refractivity contribution in [3.63, 3.8) is 0 Å². The van der Waals surface area contributed by atoms with Crippen LogP contribution in [0.3, 0.4) is 0 Å². The third kappa shape index (κ3) is 2.54. The van der Waals surface area contributed by atoms with E-state index in [1.807, 2.05) is 0 Å². The summed E-state index contributed by atoms with van der Waals surface area (Å²) in [6.45, 7) is 5.10. The summed E-state index contributed by atoms with van der Waals surface area (Å²) < 4.78 is 0. The summed E-state index contributed by atoms with van der Waals surface area (Å²) in [6, 6.07) is 2.81. The van der Waals surface area contributed by atoms with Gasteiger partial charge in [-0.05, 0) is 25.3 Å². The Morgan fingerprint density at radius 2 is 2.19 bits per heavy atom. The molecule has 2 N–H and O–H groups in total. The predicted octanol–water partition coefficient (Wildman–Crippen LogP) is 0.255. The SMILES string of the molecule is CN1CCN(CC2(CC#N)CC2)C(CN)C1. The highest BCUT2D eigenvalue weighted by atomic mass is 15.3. The van der Waals surface area contributed by atoms with Gasteiger partial charge in [0.1, 0.15) is 0 Å². The summed E-state index contributed by atoms with van der Waals surface area (Å²) in [5.41, 5.74) is 6.15. The van der Waals surface area contributed by atoms with E-state index in [9.17, 15) is 0 Å². The Morgan fingerprint density at radius 3 is 2.75 bits per heavy atom. The average Bonchev–Trinajstić information content (AvgIpc) is 3.01. The van der Waals surface area contributed by atoms with Gasteiger partial charge in [0.2, 0.25) is 0 Å². The molecule has 0 aromatic carbocycles. The Balaban J connectivity index is 1.91. The molecular formula is C12H22N4. The number of rotatable bonds is 4. The molecular weight excluding hydrogens is 200 g/mol. The maximum Gasteiger partial charge on any atom is 0.0628 e. The highest BCUT2D eigenvalue weighted by molar-refractivity contribution is 5.02. The Hall–Kier alpha value is -0.630. The first-order valence-electron chi connectivity index (χ1n) is 6.19. The molecule has 1 aliphatic carbocycles. The Kier molecular flexibility index (Phi) is 3.48. The molecule has 4 nitrogen and oxygen atoms in total. The highest BCUT2D eigenvalue weighted by Crippen LogP contribution is 2.49. The highest BCUT2D eigenvalue weighted by Gasteiger charge is 2.45.